The number of nitrogens with zero attached hydrogens (tertiary/aromatic N) is 2. The molecule has 3 aromatic rings. The lowest BCUT2D eigenvalue weighted by Crippen LogP contribution is -2.36. The molecular formula is C24H28N4OS. The molecule has 2 N–H and O–H groups in total. The first kappa shape index (κ1) is 19.5. The van der Waals surface area contributed by atoms with Crippen LogP contribution in [-0.2, 0) is 19.4 Å². The largest absolute Gasteiger partial charge is 0.365 e. The summed E-state index contributed by atoms with van der Waals surface area (Å²) in [6.07, 6.45) is 12.4. The van der Waals surface area contributed by atoms with E-state index >= 15 is 0 Å². The van der Waals surface area contributed by atoms with Gasteiger partial charge in [-0.2, -0.15) is 0 Å². The Bertz CT molecular complexity index is 1040. The predicted molar refractivity (Wildman–Crippen MR) is 122 cm³/mol. The van der Waals surface area contributed by atoms with E-state index in [1.165, 1.54) is 54.4 Å². The Morgan fingerprint density at radius 1 is 1.00 bits per heavy atom. The fraction of sp³-hybridized carbons (Fsp3) is 0.458. The summed E-state index contributed by atoms with van der Waals surface area (Å²) in [5.74, 6) is 0.974. The summed E-state index contributed by atoms with van der Waals surface area (Å²) < 4.78 is 0. The molecule has 5 rings (SSSR count). The number of carbonyl (C=O) groups excluding carboxylic acids is 1. The maximum Gasteiger partial charge on any atom is 0.251 e. The summed E-state index contributed by atoms with van der Waals surface area (Å²) in [7, 11) is 0. The zero-order valence-corrected chi connectivity index (χ0v) is 18.1. The number of aryl methyl sites for hydroxylation is 2. The standard InChI is InChI=1S/C24H28N4OS/c29-23(28-18-6-2-1-3-7-18)17-12-10-16(11-13-17)14-25-22-21-19-8-4-5-9-20(19)30-24(21)27-15-26-22/h10-13,15,18H,1-9,14H2,(H,28,29)(H,25,26,27). The topological polar surface area (TPSA) is 66.9 Å². The van der Waals surface area contributed by atoms with Crippen LogP contribution in [0.4, 0.5) is 5.82 Å². The third kappa shape index (κ3) is 4.06. The fourth-order valence-electron chi connectivity index (χ4n) is 4.70. The van der Waals surface area contributed by atoms with Crippen LogP contribution in [0.25, 0.3) is 10.2 Å². The van der Waals surface area contributed by atoms with Gasteiger partial charge in [-0.1, -0.05) is 31.4 Å². The molecule has 1 aromatic carbocycles. The van der Waals surface area contributed by atoms with E-state index in [0.717, 1.165) is 41.0 Å². The Labute approximate surface area is 181 Å². The summed E-state index contributed by atoms with van der Waals surface area (Å²) in [6, 6.07) is 8.26. The monoisotopic (exact) mass is 420 g/mol. The summed E-state index contributed by atoms with van der Waals surface area (Å²) in [4.78, 5) is 24.1. The average molecular weight is 421 g/mol. The molecule has 30 heavy (non-hydrogen) atoms. The Hall–Kier alpha value is -2.47. The number of fused-ring (bicyclic) bond motifs is 3. The molecule has 0 unspecified atom stereocenters. The molecule has 6 heteroatoms. The molecule has 0 saturated heterocycles. The van der Waals surface area contributed by atoms with Gasteiger partial charge in [-0.05, 0) is 61.8 Å². The van der Waals surface area contributed by atoms with Crippen molar-refractivity contribution in [1.29, 1.82) is 0 Å². The Morgan fingerprint density at radius 3 is 2.63 bits per heavy atom. The maximum absolute atomic E-state index is 12.5. The minimum absolute atomic E-state index is 0.0452. The van der Waals surface area contributed by atoms with E-state index in [9.17, 15) is 4.79 Å². The number of anilines is 1. The first-order valence-corrected chi connectivity index (χ1v) is 12.0. The number of nitrogens with one attached hydrogen (secondary N) is 2. The number of carbonyl (C=O) groups is 1. The molecule has 1 saturated carbocycles. The molecule has 2 heterocycles. The molecule has 2 aliphatic carbocycles. The van der Waals surface area contributed by atoms with Crippen molar-refractivity contribution in [3.05, 3.63) is 52.2 Å². The molecule has 1 fully saturated rings. The quantitative estimate of drug-likeness (QED) is 0.592. The van der Waals surface area contributed by atoms with E-state index in [-0.39, 0.29) is 5.91 Å². The number of rotatable bonds is 5. The van der Waals surface area contributed by atoms with Crippen molar-refractivity contribution in [2.75, 3.05) is 5.32 Å². The van der Waals surface area contributed by atoms with Crippen LogP contribution < -0.4 is 10.6 Å². The van der Waals surface area contributed by atoms with Crippen LogP contribution in [0.2, 0.25) is 0 Å². The van der Waals surface area contributed by atoms with Gasteiger partial charge in [0.05, 0.1) is 5.39 Å². The van der Waals surface area contributed by atoms with Gasteiger partial charge in [0.25, 0.3) is 5.91 Å². The van der Waals surface area contributed by atoms with Crippen LogP contribution in [0.3, 0.4) is 0 Å². The van der Waals surface area contributed by atoms with E-state index in [1.54, 1.807) is 6.33 Å². The van der Waals surface area contributed by atoms with Crippen molar-refractivity contribution in [2.24, 2.45) is 0 Å². The minimum Gasteiger partial charge on any atom is -0.365 e. The number of amides is 1. The van der Waals surface area contributed by atoms with Crippen molar-refractivity contribution in [1.82, 2.24) is 15.3 Å². The first-order valence-electron chi connectivity index (χ1n) is 11.2. The van der Waals surface area contributed by atoms with Crippen molar-refractivity contribution in [3.8, 4) is 0 Å². The van der Waals surface area contributed by atoms with Crippen molar-refractivity contribution >= 4 is 33.3 Å². The highest BCUT2D eigenvalue weighted by Crippen LogP contribution is 2.38. The number of benzene rings is 1. The van der Waals surface area contributed by atoms with Crippen LogP contribution in [0.15, 0.2) is 30.6 Å². The van der Waals surface area contributed by atoms with E-state index in [0.29, 0.717) is 12.6 Å². The molecule has 156 valence electrons. The number of thiophene rings is 1. The van der Waals surface area contributed by atoms with Crippen LogP contribution >= 0.6 is 11.3 Å². The highest BCUT2D eigenvalue weighted by Gasteiger charge is 2.20. The second-order valence-corrected chi connectivity index (χ2v) is 9.56. The van der Waals surface area contributed by atoms with Gasteiger partial charge in [-0.3, -0.25) is 4.79 Å². The van der Waals surface area contributed by atoms with E-state index in [4.69, 9.17) is 0 Å². The van der Waals surface area contributed by atoms with Gasteiger partial charge in [-0.25, -0.2) is 9.97 Å². The second-order valence-electron chi connectivity index (χ2n) is 8.47. The van der Waals surface area contributed by atoms with Gasteiger partial charge < -0.3 is 10.6 Å². The zero-order valence-electron chi connectivity index (χ0n) is 17.2. The van der Waals surface area contributed by atoms with Gasteiger partial charge in [0.2, 0.25) is 0 Å². The van der Waals surface area contributed by atoms with E-state index < -0.39 is 0 Å². The number of hydrogen-bond acceptors (Lipinski definition) is 5. The highest BCUT2D eigenvalue weighted by molar-refractivity contribution is 7.19. The molecule has 0 bridgehead atoms. The van der Waals surface area contributed by atoms with Crippen LogP contribution in [0, 0.1) is 0 Å². The van der Waals surface area contributed by atoms with Gasteiger partial charge in [-0.15, -0.1) is 11.3 Å². The minimum atomic E-state index is 0.0452. The molecule has 2 aliphatic rings. The SMILES string of the molecule is O=C(NC1CCCCC1)c1ccc(CNc2ncnc3sc4c(c23)CCCC4)cc1. The van der Waals surface area contributed by atoms with Crippen molar-refractivity contribution in [3.63, 3.8) is 0 Å². The lowest BCUT2D eigenvalue weighted by Gasteiger charge is -2.22. The Balaban J connectivity index is 1.26. The van der Waals surface area contributed by atoms with Gasteiger partial charge >= 0.3 is 0 Å². The molecule has 0 spiro atoms. The predicted octanol–water partition coefficient (Wildman–Crippen LogP) is 5.24. The normalized spacial score (nSPS) is 16.9. The Kier molecular flexibility index (Phi) is 5.67. The van der Waals surface area contributed by atoms with Crippen molar-refractivity contribution < 1.29 is 4.79 Å². The smallest absolute Gasteiger partial charge is 0.251 e. The molecule has 5 nitrogen and oxygen atoms in total. The summed E-state index contributed by atoms with van der Waals surface area (Å²) >= 11 is 1.82. The van der Waals surface area contributed by atoms with Gasteiger partial charge in [0.1, 0.15) is 17.0 Å². The second kappa shape index (κ2) is 8.72. The van der Waals surface area contributed by atoms with E-state index in [2.05, 4.69) is 20.6 Å². The molecule has 0 radical (unpaired) electrons. The van der Waals surface area contributed by atoms with Gasteiger partial charge in [0, 0.05) is 23.0 Å². The molecule has 0 atom stereocenters. The highest BCUT2D eigenvalue weighted by atomic mass is 32.1. The molecule has 1 amide bonds. The van der Waals surface area contributed by atoms with Crippen molar-refractivity contribution in [2.45, 2.75) is 70.4 Å². The lowest BCUT2D eigenvalue weighted by molar-refractivity contribution is 0.0927. The third-order valence-corrected chi connectivity index (χ3v) is 7.57. The number of aromatic nitrogens is 2. The molecule has 2 aromatic heterocycles. The average Bonchev–Trinajstić information content (AvgIpc) is 3.18. The first-order chi connectivity index (χ1) is 14.8. The zero-order chi connectivity index (χ0) is 20.3. The van der Waals surface area contributed by atoms with Crippen LogP contribution in [0.5, 0.6) is 0 Å². The van der Waals surface area contributed by atoms with Crippen LogP contribution in [0.1, 0.15) is 71.3 Å². The summed E-state index contributed by atoms with van der Waals surface area (Å²) in [5.41, 5.74) is 3.32. The Morgan fingerprint density at radius 2 is 1.80 bits per heavy atom. The summed E-state index contributed by atoms with van der Waals surface area (Å²) in [5, 5.41) is 7.91. The maximum atomic E-state index is 12.5. The molecule has 0 aliphatic heterocycles. The number of hydrogen-bond donors (Lipinski definition) is 2. The van der Waals surface area contributed by atoms with Gasteiger partial charge in [0.15, 0.2) is 0 Å². The fourth-order valence-corrected chi connectivity index (χ4v) is 5.93. The lowest BCUT2D eigenvalue weighted by atomic mass is 9.95. The van der Waals surface area contributed by atoms with Crippen LogP contribution in [-0.4, -0.2) is 21.9 Å². The molecular weight excluding hydrogens is 392 g/mol. The van der Waals surface area contributed by atoms with E-state index in [1.807, 2.05) is 35.6 Å². The summed E-state index contributed by atoms with van der Waals surface area (Å²) in [6.45, 7) is 0.682. The third-order valence-electron chi connectivity index (χ3n) is 6.37.